The minimum Gasteiger partial charge on any atom is -0.335 e. The molecule has 0 radical (unpaired) electrons. The van der Waals surface area contributed by atoms with Crippen molar-refractivity contribution in [3.63, 3.8) is 0 Å². The van der Waals surface area contributed by atoms with Gasteiger partial charge >= 0.3 is 0 Å². The van der Waals surface area contributed by atoms with Crippen molar-refractivity contribution in [2.24, 2.45) is 0 Å². The van der Waals surface area contributed by atoms with Gasteiger partial charge in [0.15, 0.2) is 11.3 Å². The van der Waals surface area contributed by atoms with Gasteiger partial charge in [0, 0.05) is 26.9 Å². The number of imidazole rings is 2. The van der Waals surface area contributed by atoms with Crippen molar-refractivity contribution in [2.75, 3.05) is 0 Å². The van der Waals surface area contributed by atoms with Crippen molar-refractivity contribution >= 4 is 82.2 Å². The third-order valence-corrected chi connectivity index (χ3v) is 8.01. The maximum atomic E-state index is 5.23. The smallest absolute Gasteiger partial charge is 0.182 e. The topological polar surface area (TPSA) is 71.8 Å². The van der Waals surface area contributed by atoms with Gasteiger partial charge in [-0.2, -0.15) is 0 Å². The van der Waals surface area contributed by atoms with Gasteiger partial charge < -0.3 is 4.98 Å². The average molecular weight is 485 g/mol. The van der Waals surface area contributed by atoms with Gasteiger partial charge in [-0.3, -0.25) is 4.40 Å². The molecule has 0 saturated carbocycles. The van der Waals surface area contributed by atoms with Crippen molar-refractivity contribution < 1.29 is 0 Å². The van der Waals surface area contributed by atoms with E-state index in [0.29, 0.717) is 0 Å². The summed E-state index contributed by atoms with van der Waals surface area (Å²) in [4.78, 5) is 24.0. The maximum absolute atomic E-state index is 5.23. The van der Waals surface area contributed by atoms with Crippen LogP contribution in [-0.2, 0) is 0 Å². The lowest BCUT2D eigenvalue weighted by Crippen LogP contribution is -1.94. The molecule has 0 fully saturated rings. The summed E-state index contributed by atoms with van der Waals surface area (Å²) >= 11 is 0. The molecule has 38 heavy (non-hydrogen) atoms. The summed E-state index contributed by atoms with van der Waals surface area (Å²) in [7, 11) is 0. The largest absolute Gasteiger partial charge is 0.335 e. The van der Waals surface area contributed by atoms with E-state index in [4.69, 9.17) is 19.9 Å². The Hall–Kier alpha value is -5.36. The lowest BCUT2D eigenvalue weighted by atomic mass is 10.0. The quantitative estimate of drug-likeness (QED) is 0.262. The first-order valence-corrected chi connectivity index (χ1v) is 12.7. The zero-order chi connectivity index (χ0) is 24.5. The van der Waals surface area contributed by atoms with Gasteiger partial charge in [0.05, 0.1) is 44.3 Å². The van der Waals surface area contributed by atoms with Crippen LogP contribution in [0.15, 0.2) is 91.0 Å². The molecule has 0 saturated heterocycles. The first-order chi connectivity index (χ1) is 18.8. The lowest BCUT2D eigenvalue weighted by Gasteiger charge is -2.09. The number of aromatic nitrogens is 6. The molecule has 174 valence electrons. The molecule has 6 aromatic heterocycles. The number of para-hydroxylation sites is 2. The van der Waals surface area contributed by atoms with E-state index in [9.17, 15) is 0 Å². The second-order valence-corrected chi connectivity index (χ2v) is 10.0. The molecule has 0 aliphatic heterocycles. The Kier molecular flexibility index (Phi) is 3.13. The molecular formula is C32H16N6. The summed E-state index contributed by atoms with van der Waals surface area (Å²) in [6.45, 7) is 0. The Morgan fingerprint density at radius 1 is 0.579 bits per heavy atom. The third-order valence-electron chi connectivity index (χ3n) is 8.01. The van der Waals surface area contributed by atoms with Crippen LogP contribution in [0.2, 0.25) is 0 Å². The van der Waals surface area contributed by atoms with Gasteiger partial charge in [-0.25, -0.2) is 19.9 Å². The van der Waals surface area contributed by atoms with Crippen molar-refractivity contribution in [1.29, 1.82) is 0 Å². The van der Waals surface area contributed by atoms with Gasteiger partial charge in [0.2, 0.25) is 0 Å². The first-order valence-electron chi connectivity index (χ1n) is 12.7. The summed E-state index contributed by atoms with van der Waals surface area (Å²) in [6, 6.07) is 31.6. The van der Waals surface area contributed by atoms with Crippen LogP contribution in [0.25, 0.3) is 93.6 Å². The molecule has 0 spiro atoms. The van der Waals surface area contributed by atoms with E-state index in [0.717, 1.165) is 88.2 Å². The summed E-state index contributed by atoms with van der Waals surface area (Å²) in [5.41, 5.74) is 10.2. The average Bonchev–Trinajstić information content (AvgIpc) is 3.67. The molecule has 1 N–H and O–H groups in total. The number of hydrogen-bond donors (Lipinski definition) is 1. The van der Waals surface area contributed by atoms with Gasteiger partial charge in [0.25, 0.3) is 0 Å². The zero-order valence-corrected chi connectivity index (χ0v) is 19.9. The molecule has 0 atom stereocenters. The minimum absolute atomic E-state index is 0.755. The van der Waals surface area contributed by atoms with E-state index in [2.05, 4.69) is 82.2 Å². The lowest BCUT2D eigenvalue weighted by molar-refractivity contribution is 1.27. The number of hydrogen-bond acceptors (Lipinski definition) is 4. The molecule has 6 heterocycles. The Morgan fingerprint density at radius 3 is 2.39 bits per heavy atom. The highest BCUT2D eigenvalue weighted by Crippen LogP contribution is 2.43. The molecule has 4 aromatic carbocycles. The van der Waals surface area contributed by atoms with Gasteiger partial charge in [-0.15, -0.1) is 0 Å². The van der Waals surface area contributed by atoms with Crippen LogP contribution >= 0.6 is 0 Å². The van der Waals surface area contributed by atoms with Crippen molar-refractivity contribution in [3.8, 4) is 11.4 Å². The molecule has 10 aromatic rings. The minimum atomic E-state index is 0.755. The standard InChI is InChI=1S/C32H16N6/c1-3-7-21-16(5-1)9-14-24(33-21)28-30-26(19-6-2-4-8-22(19)34-28)20-12-11-18-17-10-13-23-25(15-17)36-31(35-23)32-37-27(18)29(20)38(30)32/h1-15H,(H,35,36). The van der Waals surface area contributed by atoms with Crippen LogP contribution in [0.5, 0.6) is 0 Å². The van der Waals surface area contributed by atoms with Crippen LogP contribution in [0, 0.1) is 0 Å². The molecule has 5 bridgehead atoms. The molecule has 0 aliphatic carbocycles. The van der Waals surface area contributed by atoms with E-state index in [-0.39, 0.29) is 0 Å². The zero-order valence-electron chi connectivity index (χ0n) is 19.9. The van der Waals surface area contributed by atoms with Crippen LogP contribution in [0.4, 0.5) is 0 Å². The Morgan fingerprint density at radius 2 is 1.42 bits per heavy atom. The fourth-order valence-electron chi connectivity index (χ4n) is 6.34. The summed E-state index contributed by atoms with van der Waals surface area (Å²) in [5.74, 6) is 0. The molecule has 10 rings (SSSR count). The molecule has 0 unspecified atom stereocenters. The Labute approximate surface area is 213 Å². The Balaban J connectivity index is 1.53. The molecular weight excluding hydrogens is 468 g/mol. The van der Waals surface area contributed by atoms with Gasteiger partial charge in [0.1, 0.15) is 5.69 Å². The third kappa shape index (κ3) is 2.16. The van der Waals surface area contributed by atoms with Crippen molar-refractivity contribution in [2.45, 2.75) is 0 Å². The second kappa shape index (κ2) is 6.30. The second-order valence-electron chi connectivity index (χ2n) is 10.0. The van der Waals surface area contributed by atoms with E-state index >= 15 is 0 Å². The molecule has 0 amide bonds. The fraction of sp³-hybridized carbons (Fsp3) is 0. The number of H-pyrrole nitrogens is 1. The van der Waals surface area contributed by atoms with Gasteiger partial charge in [-0.1, -0.05) is 60.7 Å². The summed E-state index contributed by atoms with van der Waals surface area (Å²) in [6.07, 6.45) is 0. The van der Waals surface area contributed by atoms with Crippen LogP contribution in [0.1, 0.15) is 0 Å². The van der Waals surface area contributed by atoms with E-state index in [1.165, 1.54) is 5.39 Å². The normalized spacial score (nSPS) is 12.7. The first kappa shape index (κ1) is 18.8. The number of aromatic amines is 1. The van der Waals surface area contributed by atoms with E-state index in [1.807, 2.05) is 18.2 Å². The summed E-state index contributed by atoms with van der Waals surface area (Å²) in [5, 5.41) is 6.79. The number of nitrogens with zero attached hydrogens (tertiary/aromatic N) is 5. The molecule has 6 heteroatoms. The number of benzene rings is 4. The van der Waals surface area contributed by atoms with Crippen molar-refractivity contribution in [1.82, 2.24) is 29.3 Å². The van der Waals surface area contributed by atoms with Gasteiger partial charge in [-0.05, 0) is 35.7 Å². The highest BCUT2D eigenvalue weighted by atomic mass is 15.1. The van der Waals surface area contributed by atoms with Crippen LogP contribution in [-0.4, -0.2) is 29.3 Å². The monoisotopic (exact) mass is 484 g/mol. The van der Waals surface area contributed by atoms with Crippen LogP contribution < -0.4 is 0 Å². The predicted octanol–water partition coefficient (Wildman–Crippen LogP) is 7.46. The summed E-state index contributed by atoms with van der Waals surface area (Å²) < 4.78 is 2.26. The number of nitrogens with one attached hydrogen (secondary N) is 1. The SMILES string of the molecule is c1ccc2nc(-c3nc4ccccc4c4c5ccc6c7ccc8[nH]c(nc8c7)c7nc6c5n7c34)ccc2c1. The Bertz CT molecular complexity index is 2570. The van der Waals surface area contributed by atoms with E-state index in [1.54, 1.807) is 0 Å². The number of rotatable bonds is 1. The number of pyridine rings is 2. The van der Waals surface area contributed by atoms with Crippen molar-refractivity contribution in [3.05, 3.63) is 91.0 Å². The number of fused-ring (bicyclic) bond motifs is 12. The molecule has 0 aliphatic rings. The highest BCUT2D eigenvalue weighted by molar-refractivity contribution is 6.29. The fourth-order valence-corrected chi connectivity index (χ4v) is 6.34. The highest BCUT2D eigenvalue weighted by Gasteiger charge is 2.25. The maximum Gasteiger partial charge on any atom is 0.182 e. The van der Waals surface area contributed by atoms with Crippen LogP contribution in [0.3, 0.4) is 0 Å². The predicted molar refractivity (Wildman–Crippen MR) is 153 cm³/mol. The van der Waals surface area contributed by atoms with E-state index < -0.39 is 0 Å². The molecule has 6 nitrogen and oxygen atoms in total.